The molecular weight excluding hydrogens is 178 g/mol. The van der Waals surface area contributed by atoms with Crippen molar-refractivity contribution in [1.82, 2.24) is 5.32 Å². The van der Waals surface area contributed by atoms with Crippen LogP contribution in [-0.2, 0) is 0 Å². The first-order valence-electron chi connectivity index (χ1n) is 4.46. The van der Waals surface area contributed by atoms with Crippen LogP contribution in [0, 0.1) is 0 Å². The Labute approximate surface area is 83.4 Å². The van der Waals surface area contributed by atoms with Gasteiger partial charge in [0, 0.05) is 12.5 Å². The fourth-order valence-electron chi connectivity index (χ4n) is 1.32. The van der Waals surface area contributed by atoms with Gasteiger partial charge in [-0.05, 0) is 12.6 Å². The molecule has 0 fully saturated rings. The Morgan fingerprint density at radius 3 is 2.64 bits per heavy atom. The minimum absolute atomic E-state index is 0.0899. The molecule has 0 aliphatic rings. The number of nitrogens with one attached hydrogen (secondary N) is 1. The van der Waals surface area contributed by atoms with Crippen molar-refractivity contribution in [2.24, 2.45) is 10.9 Å². The van der Waals surface area contributed by atoms with Gasteiger partial charge in [-0.3, -0.25) is 0 Å². The zero-order valence-corrected chi connectivity index (χ0v) is 8.14. The third-order valence-electron chi connectivity index (χ3n) is 2.09. The Morgan fingerprint density at radius 1 is 1.50 bits per heavy atom. The van der Waals surface area contributed by atoms with Crippen LogP contribution in [0.2, 0.25) is 0 Å². The number of amidine groups is 1. The van der Waals surface area contributed by atoms with E-state index in [9.17, 15) is 0 Å². The van der Waals surface area contributed by atoms with E-state index in [4.69, 9.17) is 10.9 Å². The maximum absolute atomic E-state index is 8.46. The lowest BCUT2D eigenvalue weighted by atomic mass is 10.0. The zero-order chi connectivity index (χ0) is 10.4. The van der Waals surface area contributed by atoms with E-state index in [1.807, 2.05) is 37.4 Å². The van der Waals surface area contributed by atoms with Crippen molar-refractivity contribution >= 4 is 5.84 Å². The Morgan fingerprint density at radius 2 is 2.14 bits per heavy atom. The van der Waals surface area contributed by atoms with E-state index in [1.54, 1.807) is 0 Å². The van der Waals surface area contributed by atoms with Crippen LogP contribution in [0.3, 0.4) is 0 Å². The molecule has 1 atom stereocenters. The highest BCUT2D eigenvalue weighted by Crippen LogP contribution is 2.15. The lowest BCUT2D eigenvalue weighted by Crippen LogP contribution is -2.24. The molecule has 76 valence electrons. The summed E-state index contributed by atoms with van der Waals surface area (Å²) in [6, 6.07) is 9.99. The van der Waals surface area contributed by atoms with Crippen molar-refractivity contribution < 1.29 is 5.21 Å². The first kappa shape index (κ1) is 10.5. The highest BCUT2D eigenvalue weighted by molar-refractivity contribution is 5.80. The number of benzene rings is 1. The Hall–Kier alpha value is -1.55. The summed E-state index contributed by atoms with van der Waals surface area (Å²) in [5.74, 6) is 0.230. The lowest BCUT2D eigenvalue weighted by Gasteiger charge is -2.15. The molecule has 14 heavy (non-hydrogen) atoms. The largest absolute Gasteiger partial charge is 0.409 e. The highest BCUT2D eigenvalue weighted by atomic mass is 16.4. The summed E-state index contributed by atoms with van der Waals surface area (Å²) in [5, 5.41) is 14.5. The van der Waals surface area contributed by atoms with Gasteiger partial charge in [-0.15, -0.1) is 0 Å². The molecule has 0 radical (unpaired) electrons. The molecule has 1 rings (SSSR count). The van der Waals surface area contributed by atoms with Crippen molar-refractivity contribution in [1.29, 1.82) is 0 Å². The molecule has 0 aliphatic heterocycles. The van der Waals surface area contributed by atoms with Crippen molar-refractivity contribution in [2.75, 3.05) is 7.05 Å². The SMILES string of the molecule is CNC(CC(N)=NO)c1ccccc1. The van der Waals surface area contributed by atoms with Crippen molar-refractivity contribution in [3.8, 4) is 0 Å². The zero-order valence-electron chi connectivity index (χ0n) is 8.14. The monoisotopic (exact) mass is 193 g/mol. The van der Waals surface area contributed by atoms with E-state index in [2.05, 4.69) is 10.5 Å². The van der Waals surface area contributed by atoms with E-state index < -0.39 is 0 Å². The summed E-state index contributed by atoms with van der Waals surface area (Å²) < 4.78 is 0. The van der Waals surface area contributed by atoms with E-state index >= 15 is 0 Å². The molecule has 0 amide bonds. The third kappa shape index (κ3) is 2.74. The van der Waals surface area contributed by atoms with Gasteiger partial charge in [-0.1, -0.05) is 35.5 Å². The molecule has 0 spiro atoms. The maximum Gasteiger partial charge on any atom is 0.141 e. The van der Waals surface area contributed by atoms with Gasteiger partial charge in [-0.25, -0.2) is 0 Å². The van der Waals surface area contributed by atoms with Gasteiger partial charge < -0.3 is 16.3 Å². The van der Waals surface area contributed by atoms with Crippen molar-refractivity contribution in [3.05, 3.63) is 35.9 Å². The van der Waals surface area contributed by atoms with Crippen molar-refractivity contribution in [3.63, 3.8) is 0 Å². The van der Waals surface area contributed by atoms with E-state index in [-0.39, 0.29) is 11.9 Å². The van der Waals surface area contributed by atoms with Crippen LogP contribution in [0.15, 0.2) is 35.5 Å². The van der Waals surface area contributed by atoms with Gasteiger partial charge >= 0.3 is 0 Å². The number of oxime groups is 1. The van der Waals surface area contributed by atoms with Crippen LogP contribution < -0.4 is 11.1 Å². The van der Waals surface area contributed by atoms with Crippen molar-refractivity contribution in [2.45, 2.75) is 12.5 Å². The second-order valence-corrected chi connectivity index (χ2v) is 3.05. The van der Waals surface area contributed by atoms with Crippen LogP contribution in [-0.4, -0.2) is 18.1 Å². The number of rotatable bonds is 4. The quantitative estimate of drug-likeness (QED) is 0.290. The number of nitrogens with zero attached hydrogens (tertiary/aromatic N) is 1. The van der Waals surface area contributed by atoms with Gasteiger partial charge in [-0.2, -0.15) is 0 Å². The van der Waals surface area contributed by atoms with E-state index in [0.717, 1.165) is 5.56 Å². The van der Waals surface area contributed by atoms with Crippen LogP contribution in [0.1, 0.15) is 18.0 Å². The molecule has 1 aromatic carbocycles. The smallest absolute Gasteiger partial charge is 0.141 e. The topological polar surface area (TPSA) is 70.6 Å². The molecule has 4 nitrogen and oxygen atoms in total. The van der Waals surface area contributed by atoms with Crippen LogP contribution >= 0.6 is 0 Å². The maximum atomic E-state index is 8.46. The summed E-state index contributed by atoms with van der Waals surface area (Å²) in [7, 11) is 1.85. The second kappa shape index (κ2) is 5.24. The molecule has 0 aromatic heterocycles. The number of nitrogens with two attached hydrogens (primary N) is 1. The fourth-order valence-corrected chi connectivity index (χ4v) is 1.32. The first-order valence-corrected chi connectivity index (χ1v) is 4.46. The summed E-state index contributed by atoms with van der Waals surface area (Å²) >= 11 is 0. The molecule has 1 aromatic rings. The van der Waals surface area contributed by atoms with Gasteiger partial charge in [0.15, 0.2) is 0 Å². The molecule has 4 N–H and O–H groups in total. The molecule has 0 saturated carbocycles. The van der Waals surface area contributed by atoms with Gasteiger partial charge in [0.2, 0.25) is 0 Å². The normalized spacial score (nSPS) is 13.9. The lowest BCUT2D eigenvalue weighted by molar-refractivity contribution is 0.316. The average Bonchev–Trinajstić information content (AvgIpc) is 2.26. The molecule has 1 unspecified atom stereocenters. The highest BCUT2D eigenvalue weighted by Gasteiger charge is 2.10. The Balaban J connectivity index is 2.73. The van der Waals surface area contributed by atoms with Gasteiger partial charge in [0.05, 0.1) is 0 Å². The summed E-state index contributed by atoms with van der Waals surface area (Å²) in [6.07, 6.45) is 0.497. The predicted molar refractivity (Wildman–Crippen MR) is 56.3 cm³/mol. The average molecular weight is 193 g/mol. The molecule has 4 heteroatoms. The predicted octanol–water partition coefficient (Wildman–Crippen LogP) is 1.08. The summed E-state index contributed by atoms with van der Waals surface area (Å²) in [6.45, 7) is 0. The minimum Gasteiger partial charge on any atom is -0.409 e. The molecule has 0 heterocycles. The van der Waals surface area contributed by atoms with E-state index in [0.29, 0.717) is 6.42 Å². The molecule has 0 bridgehead atoms. The first-order chi connectivity index (χ1) is 6.77. The Kier molecular flexibility index (Phi) is 3.94. The minimum atomic E-state index is 0.0899. The summed E-state index contributed by atoms with van der Waals surface area (Å²) in [4.78, 5) is 0. The molecule has 0 aliphatic carbocycles. The number of hydrogen-bond donors (Lipinski definition) is 3. The standard InChI is InChI=1S/C10H15N3O/c1-12-9(7-10(11)13-14)8-5-3-2-4-6-8/h2-6,9,12,14H,7H2,1H3,(H2,11,13). The van der Waals surface area contributed by atoms with Gasteiger partial charge in [0.25, 0.3) is 0 Å². The van der Waals surface area contributed by atoms with Crippen LogP contribution in [0.4, 0.5) is 0 Å². The number of hydrogen-bond acceptors (Lipinski definition) is 3. The van der Waals surface area contributed by atoms with E-state index in [1.165, 1.54) is 0 Å². The van der Waals surface area contributed by atoms with Crippen LogP contribution in [0.5, 0.6) is 0 Å². The third-order valence-corrected chi connectivity index (χ3v) is 2.09. The van der Waals surface area contributed by atoms with Gasteiger partial charge in [0.1, 0.15) is 5.84 Å². The summed E-state index contributed by atoms with van der Waals surface area (Å²) in [5.41, 5.74) is 6.57. The Bertz CT molecular complexity index is 297. The fraction of sp³-hybridized carbons (Fsp3) is 0.300. The second-order valence-electron chi connectivity index (χ2n) is 3.05. The molecular formula is C10H15N3O. The van der Waals surface area contributed by atoms with Crippen LogP contribution in [0.25, 0.3) is 0 Å². The molecule has 0 saturated heterocycles.